The van der Waals surface area contributed by atoms with E-state index in [1.807, 2.05) is 37.3 Å². The van der Waals surface area contributed by atoms with Gasteiger partial charge in [-0.15, -0.1) is 0 Å². The van der Waals surface area contributed by atoms with Gasteiger partial charge in [-0.3, -0.25) is 9.78 Å². The van der Waals surface area contributed by atoms with Crippen molar-refractivity contribution >= 4 is 23.2 Å². The highest BCUT2D eigenvalue weighted by molar-refractivity contribution is 6.30. The Morgan fingerprint density at radius 2 is 1.93 bits per heavy atom. The lowest BCUT2D eigenvalue weighted by molar-refractivity contribution is 0.102. The van der Waals surface area contributed by atoms with Crippen molar-refractivity contribution < 1.29 is 9.53 Å². The molecule has 0 aliphatic heterocycles. The first-order chi connectivity index (χ1) is 13.6. The minimum Gasteiger partial charge on any atom is -0.474 e. The maximum atomic E-state index is 12.5. The van der Waals surface area contributed by atoms with E-state index in [9.17, 15) is 4.79 Å². The number of aromatic nitrogens is 2. The largest absolute Gasteiger partial charge is 0.474 e. The van der Waals surface area contributed by atoms with Crippen LogP contribution < -0.4 is 10.1 Å². The number of nitrogens with zero attached hydrogens (tertiary/aromatic N) is 2. The van der Waals surface area contributed by atoms with Crippen molar-refractivity contribution in [3.63, 3.8) is 0 Å². The molecular formula is C22H20ClN3O2. The van der Waals surface area contributed by atoms with Gasteiger partial charge in [-0.25, -0.2) is 4.98 Å². The highest BCUT2D eigenvalue weighted by atomic mass is 35.5. The van der Waals surface area contributed by atoms with E-state index in [0.29, 0.717) is 22.2 Å². The molecule has 1 fully saturated rings. The van der Waals surface area contributed by atoms with E-state index in [1.54, 1.807) is 24.7 Å². The first kappa shape index (κ1) is 18.4. The van der Waals surface area contributed by atoms with E-state index in [1.165, 1.54) is 6.42 Å². The molecule has 0 atom stereocenters. The smallest absolute Gasteiger partial charge is 0.257 e. The Hall–Kier alpha value is -2.92. The van der Waals surface area contributed by atoms with Gasteiger partial charge in [0.1, 0.15) is 6.10 Å². The lowest BCUT2D eigenvalue weighted by atomic mass is 9.96. The Labute approximate surface area is 168 Å². The molecule has 1 N–H and O–H groups in total. The van der Waals surface area contributed by atoms with Gasteiger partial charge in [0.25, 0.3) is 5.91 Å². The minimum absolute atomic E-state index is 0.206. The summed E-state index contributed by atoms with van der Waals surface area (Å²) in [5.74, 6) is 0.343. The van der Waals surface area contributed by atoms with Crippen molar-refractivity contribution in [2.75, 3.05) is 5.32 Å². The zero-order valence-corrected chi connectivity index (χ0v) is 16.2. The molecule has 1 saturated carbocycles. The molecule has 1 aromatic carbocycles. The van der Waals surface area contributed by atoms with Gasteiger partial charge in [-0.1, -0.05) is 23.7 Å². The van der Waals surface area contributed by atoms with E-state index >= 15 is 0 Å². The normalized spacial score (nSPS) is 13.6. The van der Waals surface area contributed by atoms with Crippen LogP contribution in [0.3, 0.4) is 0 Å². The lowest BCUT2D eigenvalue weighted by Crippen LogP contribution is -2.25. The number of carbonyl (C=O) groups excluding carboxylic acids is 1. The fourth-order valence-corrected chi connectivity index (χ4v) is 3.11. The van der Waals surface area contributed by atoms with Gasteiger partial charge in [0.2, 0.25) is 5.88 Å². The van der Waals surface area contributed by atoms with Gasteiger partial charge < -0.3 is 10.1 Å². The van der Waals surface area contributed by atoms with Crippen LogP contribution in [-0.4, -0.2) is 22.0 Å². The predicted molar refractivity (Wildman–Crippen MR) is 110 cm³/mol. The van der Waals surface area contributed by atoms with E-state index in [2.05, 4.69) is 15.3 Å². The van der Waals surface area contributed by atoms with Crippen molar-refractivity contribution in [2.45, 2.75) is 32.3 Å². The monoisotopic (exact) mass is 393 g/mol. The third-order valence-corrected chi connectivity index (χ3v) is 4.98. The Morgan fingerprint density at radius 3 is 2.61 bits per heavy atom. The first-order valence-electron chi connectivity index (χ1n) is 9.24. The zero-order chi connectivity index (χ0) is 19.5. The van der Waals surface area contributed by atoms with Crippen LogP contribution in [0.2, 0.25) is 5.02 Å². The molecular weight excluding hydrogens is 374 g/mol. The average molecular weight is 394 g/mol. The van der Waals surface area contributed by atoms with Crippen LogP contribution in [0.1, 0.15) is 35.2 Å². The Bertz CT molecular complexity index is 1000. The fourth-order valence-electron chi connectivity index (χ4n) is 2.98. The van der Waals surface area contributed by atoms with Crippen LogP contribution in [0.25, 0.3) is 11.1 Å². The molecule has 6 heteroatoms. The number of carbonyl (C=O) groups is 1. The number of anilines is 1. The van der Waals surface area contributed by atoms with Gasteiger partial charge in [-0.2, -0.15) is 0 Å². The Kier molecular flexibility index (Phi) is 5.26. The maximum absolute atomic E-state index is 12.5. The third-order valence-electron chi connectivity index (χ3n) is 4.73. The Balaban J connectivity index is 1.63. The Morgan fingerprint density at radius 1 is 1.14 bits per heavy atom. The van der Waals surface area contributed by atoms with Crippen LogP contribution in [-0.2, 0) is 0 Å². The van der Waals surface area contributed by atoms with Crippen LogP contribution in [0.4, 0.5) is 5.69 Å². The maximum Gasteiger partial charge on any atom is 0.257 e. The summed E-state index contributed by atoms with van der Waals surface area (Å²) in [5, 5.41) is 3.55. The molecule has 4 rings (SSSR count). The highest BCUT2D eigenvalue weighted by Gasteiger charge is 2.22. The molecule has 0 radical (unpaired) electrons. The zero-order valence-electron chi connectivity index (χ0n) is 15.5. The minimum atomic E-state index is -0.229. The van der Waals surface area contributed by atoms with Crippen molar-refractivity contribution in [2.24, 2.45) is 0 Å². The third kappa shape index (κ3) is 4.15. The van der Waals surface area contributed by atoms with Crippen molar-refractivity contribution in [3.8, 4) is 17.0 Å². The van der Waals surface area contributed by atoms with Crippen molar-refractivity contribution in [1.29, 1.82) is 0 Å². The lowest BCUT2D eigenvalue weighted by Gasteiger charge is -2.27. The highest BCUT2D eigenvalue weighted by Crippen LogP contribution is 2.34. The number of amides is 1. The molecule has 0 bridgehead atoms. The van der Waals surface area contributed by atoms with E-state index in [4.69, 9.17) is 16.3 Å². The summed E-state index contributed by atoms with van der Waals surface area (Å²) in [7, 11) is 0. The molecule has 142 valence electrons. The molecule has 2 heterocycles. The van der Waals surface area contributed by atoms with Crippen LogP contribution in [0, 0.1) is 6.92 Å². The van der Waals surface area contributed by atoms with Gasteiger partial charge in [0.05, 0.1) is 17.4 Å². The van der Waals surface area contributed by atoms with E-state index in [0.717, 1.165) is 29.5 Å². The number of benzene rings is 1. The standard InChI is InChI=1S/C22H20ClN3O2/c1-14-9-16(12-24-11-14)21(27)26-18-10-20(15-5-7-17(23)8-6-15)22(25-13-18)28-19-3-2-4-19/h5-13,19H,2-4H2,1H3,(H,26,27). The molecule has 1 amide bonds. The number of nitrogens with one attached hydrogen (secondary N) is 1. The molecule has 0 spiro atoms. The van der Waals surface area contributed by atoms with Gasteiger partial charge in [0.15, 0.2) is 0 Å². The molecule has 0 unspecified atom stereocenters. The number of halogens is 1. The molecule has 28 heavy (non-hydrogen) atoms. The van der Waals surface area contributed by atoms with Gasteiger partial charge >= 0.3 is 0 Å². The van der Waals surface area contributed by atoms with Crippen LogP contribution >= 0.6 is 11.6 Å². The molecule has 5 nitrogen and oxygen atoms in total. The molecule has 0 saturated heterocycles. The second-order valence-electron chi connectivity index (χ2n) is 6.96. The van der Waals surface area contributed by atoms with Crippen molar-refractivity contribution in [3.05, 3.63) is 71.1 Å². The second kappa shape index (κ2) is 7.98. The molecule has 1 aliphatic rings. The van der Waals surface area contributed by atoms with Gasteiger partial charge in [0, 0.05) is 23.0 Å². The average Bonchev–Trinajstić information content (AvgIpc) is 2.66. The predicted octanol–water partition coefficient (Wildman–Crippen LogP) is 5.29. The molecule has 3 aromatic rings. The van der Waals surface area contributed by atoms with E-state index < -0.39 is 0 Å². The quantitative estimate of drug-likeness (QED) is 0.639. The number of hydrogen-bond donors (Lipinski definition) is 1. The number of hydrogen-bond acceptors (Lipinski definition) is 4. The second-order valence-corrected chi connectivity index (χ2v) is 7.40. The molecule has 2 aromatic heterocycles. The number of pyridine rings is 2. The van der Waals surface area contributed by atoms with Crippen LogP contribution in [0.5, 0.6) is 5.88 Å². The topological polar surface area (TPSA) is 64.1 Å². The van der Waals surface area contributed by atoms with Gasteiger partial charge in [-0.05, 0) is 61.6 Å². The summed E-state index contributed by atoms with van der Waals surface area (Å²) < 4.78 is 6.06. The first-order valence-corrected chi connectivity index (χ1v) is 9.62. The summed E-state index contributed by atoms with van der Waals surface area (Å²) in [6.07, 6.45) is 8.35. The summed E-state index contributed by atoms with van der Waals surface area (Å²) in [5.41, 5.74) is 3.78. The number of ether oxygens (including phenoxy) is 1. The molecule has 1 aliphatic carbocycles. The summed E-state index contributed by atoms with van der Waals surface area (Å²) in [6, 6.07) is 11.2. The summed E-state index contributed by atoms with van der Waals surface area (Å²) in [6.45, 7) is 1.90. The summed E-state index contributed by atoms with van der Waals surface area (Å²) in [4.78, 5) is 21.1. The van der Waals surface area contributed by atoms with E-state index in [-0.39, 0.29) is 12.0 Å². The SMILES string of the molecule is Cc1cncc(C(=O)Nc2cnc(OC3CCC3)c(-c3ccc(Cl)cc3)c2)c1. The number of rotatable bonds is 5. The van der Waals surface area contributed by atoms with Crippen molar-refractivity contribution in [1.82, 2.24) is 9.97 Å². The van der Waals surface area contributed by atoms with Crippen LogP contribution in [0.15, 0.2) is 55.0 Å². The summed E-state index contributed by atoms with van der Waals surface area (Å²) >= 11 is 6.03. The number of aryl methyl sites for hydroxylation is 1. The fraction of sp³-hybridized carbons (Fsp3) is 0.227.